The van der Waals surface area contributed by atoms with Gasteiger partial charge in [-0.25, -0.2) is 0 Å². The third kappa shape index (κ3) is 3.38. The summed E-state index contributed by atoms with van der Waals surface area (Å²) in [6.45, 7) is 7.81. The van der Waals surface area contributed by atoms with Crippen molar-refractivity contribution < 1.29 is 9.84 Å². The van der Waals surface area contributed by atoms with E-state index in [1.165, 1.54) is 0 Å². The van der Waals surface area contributed by atoms with Crippen molar-refractivity contribution in [3.8, 4) is 5.75 Å². The van der Waals surface area contributed by atoms with E-state index in [1.807, 2.05) is 38.1 Å². The molecule has 0 unspecified atom stereocenters. The third-order valence-electron chi connectivity index (χ3n) is 2.96. The maximum atomic E-state index is 9.98. The van der Waals surface area contributed by atoms with Crippen LogP contribution >= 0.6 is 0 Å². The van der Waals surface area contributed by atoms with Crippen molar-refractivity contribution in [3.05, 3.63) is 42.0 Å². The fourth-order valence-electron chi connectivity index (χ4n) is 1.51. The zero-order chi connectivity index (χ0) is 12.1. The molecule has 1 aromatic rings. The number of ether oxygens (including phenoxy) is 1. The van der Waals surface area contributed by atoms with Gasteiger partial charge in [-0.15, -0.1) is 0 Å². The zero-order valence-electron chi connectivity index (χ0n) is 10.2. The van der Waals surface area contributed by atoms with Gasteiger partial charge in [0, 0.05) is 5.92 Å². The number of hydrogen-bond donors (Lipinski definition) is 1. The largest absolute Gasteiger partial charge is 0.497 e. The van der Waals surface area contributed by atoms with Crippen molar-refractivity contribution in [1.82, 2.24) is 0 Å². The first-order chi connectivity index (χ1) is 7.54. The molecule has 0 saturated heterocycles. The van der Waals surface area contributed by atoms with E-state index < -0.39 is 0 Å². The van der Waals surface area contributed by atoms with Crippen LogP contribution in [-0.2, 0) is 6.42 Å². The van der Waals surface area contributed by atoms with Crippen molar-refractivity contribution in [2.24, 2.45) is 5.92 Å². The van der Waals surface area contributed by atoms with Crippen LogP contribution in [0.5, 0.6) is 5.75 Å². The molecule has 1 N–H and O–H groups in total. The Kier molecular flexibility index (Phi) is 4.56. The molecule has 0 bridgehead atoms. The number of aliphatic hydroxyl groups is 1. The summed E-state index contributed by atoms with van der Waals surface area (Å²) in [5.41, 5.74) is 2.13. The topological polar surface area (TPSA) is 29.5 Å². The van der Waals surface area contributed by atoms with Gasteiger partial charge in [-0.3, -0.25) is 0 Å². The van der Waals surface area contributed by atoms with E-state index in [0.29, 0.717) is 6.42 Å². The molecule has 1 rings (SSSR count). The highest BCUT2D eigenvalue weighted by Crippen LogP contribution is 2.18. The monoisotopic (exact) mass is 220 g/mol. The van der Waals surface area contributed by atoms with Gasteiger partial charge in [0.1, 0.15) is 5.75 Å². The van der Waals surface area contributed by atoms with E-state index >= 15 is 0 Å². The van der Waals surface area contributed by atoms with E-state index in [9.17, 15) is 5.11 Å². The molecule has 0 aliphatic heterocycles. The standard InChI is InChI=1S/C14H20O2/c1-10(2)11(3)14(15)9-12-5-7-13(16-4)8-6-12/h5-8,11,14-15H,1,9H2,2-4H3/t11-,14-/m0/s1. The first kappa shape index (κ1) is 12.8. The minimum Gasteiger partial charge on any atom is -0.497 e. The van der Waals surface area contributed by atoms with Crippen LogP contribution in [0.1, 0.15) is 19.4 Å². The summed E-state index contributed by atoms with van der Waals surface area (Å²) in [7, 11) is 1.65. The lowest BCUT2D eigenvalue weighted by molar-refractivity contribution is 0.133. The minimum absolute atomic E-state index is 0.127. The molecule has 2 heteroatoms. The highest BCUT2D eigenvalue weighted by molar-refractivity contribution is 5.27. The Morgan fingerprint density at radius 2 is 1.94 bits per heavy atom. The number of methoxy groups -OCH3 is 1. The van der Waals surface area contributed by atoms with Crippen LogP contribution < -0.4 is 4.74 Å². The average Bonchev–Trinajstić information content (AvgIpc) is 2.28. The predicted octanol–water partition coefficient (Wildman–Crippen LogP) is 2.81. The highest BCUT2D eigenvalue weighted by Gasteiger charge is 2.15. The van der Waals surface area contributed by atoms with E-state index in [4.69, 9.17) is 4.74 Å². The molecule has 0 radical (unpaired) electrons. The molecule has 1 aromatic carbocycles. The summed E-state index contributed by atoms with van der Waals surface area (Å²) in [5.74, 6) is 0.966. The van der Waals surface area contributed by atoms with Gasteiger partial charge >= 0.3 is 0 Å². The van der Waals surface area contributed by atoms with Crippen LogP contribution in [0.2, 0.25) is 0 Å². The Hall–Kier alpha value is -1.28. The van der Waals surface area contributed by atoms with Gasteiger partial charge < -0.3 is 9.84 Å². The van der Waals surface area contributed by atoms with Crippen LogP contribution in [0.25, 0.3) is 0 Å². The normalized spacial score (nSPS) is 14.2. The summed E-state index contributed by atoms with van der Waals surface area (Å²) >= 11 is 0. The van der Waals surface area contributed by atoms with E-state index in [0.717, 1.165) is 16.9 Å². The molecule has 0 spiro atoms. The number of hydrogen-bond acceptors (Lipinski definition) is 2. The molecular formula is C14H20O2. The molecule has 2 nitrogen and oxygen atoms in total. The van der Waals surface area contributed by atoms with Gasteiger partial charge in [-0.1, -0.05) is 31.2 Å². The Balaban J connectivity index is 2.62. The third-order valence-corrected chi connectivity index (χ3v) is 2.96. The summed E-state index contributed by atoms with van der Waals surface area (Å²) in [5, 5.41) is 9.98. The lowest BCUT2D eigenvalue weighted by Gasteiger charge is -2.19. The van der Waals surface area contributed by atoms with Gasteiger partial charge in [-0.2, -0.15) is 0 Å². The average molecular weight is 220 g/mol. The lowest BCUT2D eigenvalue weighted by Crippen LogP contribution is -2.20. The van der Waals surface area contributed by atoms with E-state index in [1.54, 1.807) is 7.11 Å². The highest BCUT2D eigenvalue weighted by atomic mass is 16.5. The Bertz CT molecular complexity index is 340. The Morgan fingerprint density at radius 1 is 1.38 bits per heavy atom. The van der Waals surface area contributed by atoms with Gasteiger partial charge in [-0.05, 0) is 31.0 Å². The van der Waals surface area contributed by atoms with Crippen molar-refractivity contribution >= 4 is 0 Å². The fraction of sp³-hybridized carbons (Fsp3) is 0.429. The Labute approximate surface area is 97.6 Å². The van der Waals surface area contributed by atoms with Gasteiger partial charge in [0.25, 0.3) is 0 Å². The SMILES string of the molecule is C=C(C)[C@H](C)[C@@H](O)Cc1ccc(OC)cc1. The molecule has 2 atom stereocenters. The van der Waals surface area contributed by atoms with Crippen molar-refractivity contribution in [3.63, 3.8) is 0 Å². The van der Waals surface area contributed by atoms with Gasteiger partial charge in [0.2, 0.25) is 0 Å². The van der Waals surface area contributed by atoms with Crippen LogP contribution in [-0.4, -0.2) is 18.3 Å². The zero-order valence-corrected chi connectivity index (χ0v) is 10.2. The summed E-state index contributed by atoms with van der Waals surface area (Å²) in [4.78, 5) is 0. The minimum atomic E-state index is -0.370. The summed E-state index contributed by atoms with van der Waals surface area (Å²) < 4.78 is 5.08. The van der Waals surface area contributed by atoms with Crippen molar-refractivity contribution in [2.75, 3.05) is 7.11 Å². The lowest BCUT2D eigenvalue weighted by atomic mass is 9.93. The molecule has 0 saturated carbocycles. The van der Waals surface area contributed by atoms with Gasteiger partial charge in [0.15, 0.2) is 0 Å². The van der Waals surface area contributed by atoms with Crippen molar-refractivity contribution in [1.29, 1.82) is 0 Å². The first-order valence-corrected chi connectivity index (χ1v) is 5.51. The maximum Gasteiger partial charge on any atom is 0.118 e. The number of aliphatic hydroxyl groups excluding tert-OH is 1. The molecule has 0 aliphatic rings. The molecule has 0 fully saturated rings. The van der Waals surface area contributed by atoms with Crippen LogP contribution in [0.15, 0.2) is 36.4 Å². The number of rotatable bonds is 5. The van der Waals surface area contributed by atoms with Crippen LogP contribution in [0.4, 0.5) is 0 Å². The quantitative estimate of drug-likeness (QED) is 0.773. The molecule has 88 valence electrons. The van der Waals surface area contributed by atoms with Crippen LogP contribution in [0, 0.1) is 5.92 Å². The van der Waals surface area contributed by atoms with Gasteiger partial charge in [0.05, 0.1) is 13.2 Å². The molecule has 0 heterocycles. The molecule has 0 amide bonds. The van der Waals surface area contributed by atoms with Crippen LogP contribution in [0.3, 0.4) is 0 Å². The molecule has 16 heavy (non-hydrogen) atoms. The molecule has 0 aliphatic carbocycles. The second kappa shape index (κ2) is 5.71. The fourth-order valence-corrected chi connectivity index (χ4v) is 1.51. The molecular weight excluding hydrogens is 200 g/mol. The number of benzene rings is 1. The Morgan fingerprint density at radius 3 is 2.38 bits per heavy atom. The predicted molar refractivity (Wildman–Crippen MR) is 66.7 cm³/mol. The maximum absolute atomic E-state index is 9.98. The van der Waals surface area contributed by atoms with Crippen molar-refractivity contribution in [2.45, 2.75) is 26.4 Å². The van der Waals surface area contributed by atoms with E-state index in [-0.39, 0.29) is 12.0 Å². The smallest absolute Gasteiger partial charge is 0.118 e. The van der Waals surface area contributed by atoms with E-state index in [2.05, 4.69) is 6.58 Å². The summed E-state index contributed by atoms with van der Waals surface area (Å²) in [6.07, 6.45) is 0.281. The second-order valence-electron chi connectivity index (χ2n) is 4.25. The summed E-state index contributed by atoms with van der Waals surface area (Å²) in [6, 6.07) is 7.78. The second-order valence-corrected chi connectivity index (χ2v) is 4.25. The molecule has 0 aromatic heterocycles. The first-order valence-electron chi connectivity index (χ1n) is 5.51.